The first kappa shape index (κ1) is 16.1. The van der Waals surface area contributed by atoms with Crippen molar-refractivity contribution in [1.29, 1.82) is 0 Å². The van der Waals surface area contributed by atoms with Gasteiger partial charge in [-0.3, -0.25) is 9.80 Å². The molecule has 0 amide bonds. The fourth-order valence-corrected chi connectivity index (χ4v) is 2.64. The molecule has 0 spiro atoms. The van der Waals surface area contributed by atoms with E-state index in [-0.39, 0.29) is 0 Å². The van der Waals surface area contributed by atoms with E-state index in [0.29, 0.717) is 0 Å². The molecule has 4 nitrogen and oxygen atoms in total. The lowest BCUT2D eigenvalue weighted by Gasteiger charge is -2.34. The molecule has 1 aliphatic rings. The van der Waals surface area contributed by atoms with E-state index in [0.717, 1.165) is 50.8 Å². The van der Waals surface area contributed by atoms with Crippen LogP contribution in [-0.2, 0) is 6.54 Å². The molecule has 1 heterocycles. The van der Waals surface area contributed by atoms with Gasteiger partial charge in [0, 0.05) is 50.4 Å². The molecule has 1 aliphatic heterocycles. The Morgan fingerprint density at radius 2 is 1.81 bits per heavy atom. The van der Waals surface area contributed by atoms with Gasteiger partial charge in [0.25, 0.3) is 0 Å². The zero-order valence-corrected chi connectivity index (χ0v) is 13.5. The van der Waals surface area contributed by atoms with Gasteiger partial charge in [0.15, 0.2) is 0 Å². The fourth-order valence-electron chi connectivity index (χ4n) is 2.57. The highest BCUT2D eigenvalue weighted by Gasteiger charge is 2.17. The smallest absolute Gasteiger partial charge is 0.123 e. The van der Waals surface area contributed by atoms with E-state index in [4.69, 9.17) is 21.1 Å². The first-order valence-corrected chi connectivity index (χ1v) is 7.61. The number of benzene rings is 1. The predicted molar refractivity (Wildman–Crippen MR) is 86.3 cm³/mol. The molecule has 1 saturated heterocycles. The lowest BCUT2D eigenvalue weighted by Crippen LogP contribution is -2.45. The van der Waals surface area contributed by atoms with Crippen molar-refractivity contribution in [2.75, 3.05) is 46.9 Å². The molecule has 5 heteroatoms. The highest BCUT2D eigenvalue weighted by atomic mass is 35.5. The van der Waals surface area contributed by atoms with Crippen LogP contribution in [0.1, 0.15) is 5.56 Å². The van der Waals surface area contributed by atoms with Crippen molar-refractivity contribution in [2.24, 2.45) is 0 Å². The van der Waals surface area contributed by atoms with Crippen molar-refractivity contribution in [3.63, 3.8) is 0 Å². The second kappa shape index (κ2) is 8.27. The minimum atomic E-state index is 0.872. The number of halogens is 1. The summed E-state index contributed by atoms with van der Waals surface area (Å²) in [7, 11) is 3.40. The van der Waals surface area contributed by atoms with E-state index in [1.165, 1.54) is 5.56 Å². The van der Waals surface area contributed by atoms with E-state index < -0.39 is 0 Å². The minimum absolute atomic E-state index is 0.872. The Balaban J connectivity index is 1.93. The molecular formula is C16H23ClN2O2. The predicted octanol–water partition coefficient (Wildman–Crippen LogP) is 2.57. The molecule has 0 saturated carbocycles. The molecule has 116 valence electrons. The Labute approximate surface area is 131 Å². The molecule has 1 aromatic carbocycles. The molecule has 0 aliphatic carbocycles. The molecule has 0 radical (unpaired) electrons. The van der Waals surface area contributed by atoms with Crippen LogP contribution in [0.5, 0.6) is 11.5 Å². The first-order chi connectivity index (χ1) is 10.3. The van der Waals surface area contributed by atoms with Crippen molar-refractivity contribution in [3.05, 3.63) is 35.4 Å². The third-order valence-corrected chi connectivity index (χ3v) is 3.98. The Morgan fingerprint density at radius 3 is 2.43 bits per heavy atom. The number of rotatable bonds is 6. The van der Waals surface area contributed by atoms with Crippen LogP contribution in [0.3, 0.4) is 0 Å². The Bertz CT molecular complexity index is 471. The van der Waals surface area contributed by atoms with Crippen LogP contribution in [0, 0.1) is 0 Å². The van der Waals surface area contributed by atoms with E-state index in [9.17, 15) is 0 Å². The Hall–Kier alpha value is -1.23. The molecule has 0 atom stereocenters. The maximum Gasteiger partial charge on any atom is 0.123 e. The highest BCUT2D eigenvalue weighted by molar-refractivity contribution is 6.25. The van der Waals surface area contributed by atoms with Crippen LogP contribution in [0.25, 0.3) is 0 Å². The van der Waals surface area contributed by atoms with Crippen LogP contribution in [-0.4, -0.2) is 56.7 Å². The molecule has 0 N–H and O–H groups in total. The second-order valence-electron chi connectivity index (χ2n) is 5.12. The maximum atomic E-state index is 5.58. The number of ether oxygens (including phenoxy) is 2. The van der Waals surface area contributed by atoms with Crippen LogP contribution in [0.4, 0.5) is 0 Å². The standard InChI is InChI=1S/C16H23ClN2O2/c1-20-15-4-5-16(21-2)14(12-15)13-19-10-8-18(9-11-19)7-3-6-17/h3-6,12H,7-11,13H2,1-2H3. The number of hydrogen-bond donors (Lipinski definition) is 0. The third-order valence-electron chi connectivity index (χ3n) is 3.80. The number of nitrogens with zero attached hydrogens (tertiary/aromatic N) is 2. The molecule has 0 aromatic heterocycles. The molecule has 1 fully saturated rings. The zero-order chi connectivity index (χ0) is 15.1. The second-order valence-corrected chi connectivity index (χ2v) is 5.37. The van der Waals surface area contributed by atoms with Gasteiger partial charge in [0.2, 0.25) is 0 Å². The normalized spacial score (nSPS) is 17.3. The fraction of sp³-hybridized carbons (Fsp3) is 0.500. The Kier molecular flexibility index (Phi) is 6.36. The van der Waals surface area contributed by atoms with Gasteiger partial charge in [0.05, 0.1) is 14.2 Å². The quantitative estimate of drug-likeness (QED) is 0.806. The van der Waals surface area contributed by atoms with Gasteiger partial charge in [-0.15, -0.1) is 0 Å². The van der Waals surface area contributed by atoms with Crippen LogP contribution in [0.15, 0.2) is 29.8 Å². The topological polar surface area (TPSA) is 24.9 Å². The van der Waals surface area contributed by atoms with Gasteiger partial charge in [-0.05, 0) is 18.2 Å². The van der Waals surface area contributed by atoms with Crippen molar-refractivity contribution >= 4 is 11.6 Å². The summed E-state index contributed by atoms with van der Waals surface area (Å²) in [6.45, 7) is 6.05. The van der Waals surface area contributed by atoms with Crippen molar-refractivity contribution in [3.8, 4) is 11.5 Å². The summed E-state index contributed by atoms with van der Waals surface area (Å²) < 4.78 is 10.7. The zero-order valence-electron chi connectivity index (χ0n) is 12.7. The SMILES string of the molecule is COc1ccc(OC)c(CN2CCN(CC=CCl)CC2)c1. The first-order valence-electron chi connectivity index (χ1n) is 7.17. The average molecular weight is 311 g/mol. The van der Waals surface area contributed by atoms with E-state index >= 15 is 0 Å². The molecular weight excluding hydrogens is 288 g/mol. The molecule has 0 bridgehead atoms. The van der Waals surface area contributed by atoms with Gasteiger partial charge in [0.1, 0.15) is 11.5 Å². The average Bonchev–Trinajstić information content (AvgIpc) is 2.54. The van der Waals surface area contributed by atoms with Crippen LogP contribution >= 0.6 is 11.6 Å². The summed E-state index contributed by atoms with van der Waals surface area (Å²) in [5.41, 5.74) is 2.76. The van der Waals surface area contributed by atoms with Crippen LogP contribution in [0.2, 0.25) is 0 Å². The lowest BCUT2D eigenvalue weighted by molar-refractivity contribution is 0.136. The van der Waals surface area contributed by atoms with E-state index in [1.807, 2.05) is 18.2 Å². The summed E-state index contributed by atoms with van der Waals surface area (Å²) in [6.07, 6.45) is 1.99. The number of methoxy groups -OCH3 is 2. The lowest BCUT2D eigenvalue weighted by atomic mass is 10.1. The van der Waals surface area contributed by atoms with Crippen LogP contribution < -0.4 is 9.47 Å². The molecule has 0 unspecified atom stereocenters. The van der Waals surface area contributed by atoms with Gasteiger partial charge < -0.3 is 9.47 Å². The monoisotopic (exact) mass is 310 g/mol. The third kappa shape index (κ3) is 4.63. The molecule has 21 heavy (non-hydrogen) atoms. The number of hydrogen-bond acceptors (Lipinski definition) is 4. The van der Waals surface area contributed by atoms with Crippen molar-refractivity contribution in [2.45, 2.75) is 6.54 Å². The van der Waals surface area contributed by atoms with Gasteiger partial charge in [-0.2, -0.15) is 0 Å². The summed E-state index contributed by atoms with van der Waals surface area (Å²) in [5, 5.41) is 0. The summed E-state index contributed by atoms with van der Waals surface area (Å²) >= 11 is 5.58. The minimum Gasteiger partial charge on any atom is -0.497 e. The molecule has 1 aromatic rings. The van der Waals surface area contributed by atoms with Gasteiger partial charge >= 0.3 is 0 Å². The van der Waals surface area contributed by atoms with Crippen molar-refractivity contribution < 1.29 is 9.47 Å². The highest BCUT2D eigenvalue weighted by Crippen LogP contribution is 2.25. The summed E-state index contributed by atoms with van der Waals surface area (Å²) in [5.74, 6) is 1.79. The number of piperazine rings is 1. The largest absolute Gasteiger partial charge is 0.497 e. The summed E-state index contributed by atoms with van der Waals surface area (Å²) in [4.78, 5) is 4.84. The van der Waals surface area contributed by atoms with Gasteiger partial charge in [-0.25, -0.2) is 0 Å². The maximum absolute atomic E-state index is 5.58. The van der Waals surface area contributed by atoms with Crippen molar-refractivity contribution in [1.82, 2.24) is 9.80 Å². The van der Waals surface area contributed by atoms with E-state index in [2.05, 4.69) is 15.9 Å². The van der Waals surface area contributed by atoms with E-state index in [1.54, 1.807) is 19.8 Å². The Morgan fingerprint density at radius 1 is 1.10 bits per heavy atom. The van der Waals surface area contributed by atoms with Gasteiger partial charge in [-0.1, -0.05) is 17.7 Å². The summed E-state index contributed by atoms with van der Waals surface area (Å²) in [6, 6.07) is 5.95. The molecule has 2 rings (SSSR count).